The molecule has 20 heavy (non-hydrogen) atoms. The van der Waals surface area contributed by atoms with Crippen molar-refractivity contribution in [3.05, 3.63) is 53.1 Å². The summed E-state index contributed by atoms with van der Waals surface area (Å²) in [5.41, 5.74) is 0.231. The summed E-state index contributed by atoms with van der Waals surface area (Å²) in [6.07, 6.45) is 1.06. The molecule has 1 N–H and O–H groups in total. The first-order valence-electron chi connectivity index (χ1n) is 5.26. The molecule has 0 spiro atoms. The monoisotopic (exact) mass is 311 g/mol. The van der Waals surface area contributed by atoms with E-state index in [2.05, 4.69) is 9.71 Å². The third kappa shape index (κ3) is 3.04. The molecule has 0 atom stereocenters. The number of rotatable bonds is 3. The second-order valence-electron chi connectivity index (χ2n) is 3.73. The molecular weight excluding hydrogens is 305 g/mol. The Kier molecular flexibility index (Phi) is 3.88. The van der Waals surface area contributed by atoms with E-state index >= 15 is 0 Å². The molecule has 2 aromatic rings. The van der Waals surface area contributed by atoms with Gasteiger partial charge in [-0.3, -0.25) is 4.72 Å². The van der Waals surface area contributed by atoms with Gasteiger partial charge in [-0.25, -0.2) is 17.8 Å². The predicted octanol–water partition coefficient (Wildman–Crippen LogP) is 2.55. The van der Waals surface area contributed by atoms with Crippen LogP contribution in [0.4, 0.5) is 10.1 Å². The summed E-state index contributed by atoms with van der Waals surface area (Å²) in [6, 6.07) is 7.77. The Hall–Kier alpha value is -2.17. The standard InChI is InChI=1S/C12H7ClFN3O2S/c13-11-5-8(2-4-12(11)14)17-20(18,19)10-3-1-9(6-15)16-7-10/h1-5,7,17H. The van der Waals surface area contributed by atoms with E-state index < -0.39 is 15.8 Å². The summed E-state index contributed by atoms with van der Waals surface area (Å²) in [5, 5.41) is 8.40. The van der Waals surface area contributed by atoms with E-state index in [9.17, 15) is 12.8 Å². The first-order chi connectivity index (χ1) is 9.42. The second-order valence-corrected chi connectivity index (χ2v) is 5.81. The van der Waals surface area contributed by atoms with Gasteiger partial charge in [0.1, 0.15) is 22.5 Å². The third-order valence-electron chi connectivity index (χ3n) is 2.33. The minimum atomic E-state index is -3.87. The van der Waals surface area contributed by atoms with Crippen LogP contribution in [0.5, 0.6) is 0 Å². The van der Waals surface area contributed by atoms with Gasteiger partial charge in [0, 0.05) is 6.20 Å². The lowest BCUT2D eigenvalue weighted by Gasteiger charge is -2.08. The SMILES string of the molecule is N#Cc1ccc(S(=O)(=O)Nc2ccc(F)c(Cl)c2)cn1. The van der Waals surface area contributed by atoms with Crippen LogP contribution in [0.15, 0.2) is 41.4 Å². The first kappa shape index (κ1) is 14.2. The second kappa shape index (κ2) is 5.45. The number of aromatic nitrogens is 1. The van der Waals surface area contributed by atoms with Gasteiger partial charge in [0.05, 0.1) is 10.7 Å². The zero-order valence-electron chi connectivity index (χ0n) is 9.84. The van der Waals surface area contributed by atoms with Gasteiger partial charge in [-0.15, -0.1) is 0 Å². The summed E-state index contributed by atoms with van der Waals surface area (Å²) in [4.78, 5) is 3.56. The Morgan fingerprint density at radius 2 is 2.05 bits per heavy atom. The van der Waals surface area contributed by atoms with E-state index in [1.54, 1.807) is 6.07 Å². The normalized spacial score (nSPS) is 10.8. The Balaban J connectivity index is 2.30. The molecule has 1 aromatic carbocycles. The first-order valence-corrected chi connectivity index (χ1v) is 7.12. The highest BCUT2D eigenvalue weighted by atomic mass is 35.5. The van der Waals surface area contributed by atoms with Gasteiger partial charge < -0.3 is 0 Å². The van der Waals surface area contributed by atoms with E-state index in [-0.39, 0.29) is 21.3 Å². The molecule has 0 aliphatic heterocycles. The fourth-order valence-electron chi connectivity index (χ4n) is 1.38. The lowest BCUT2D eigenvalue weighted by atomic mass is 10.3. The molecule has 0 saturated carbocycles. The maximum Gasteiger partial charge on any atom is 0.263 e. The van der Waals surface area contributed by atoms with Gasteiger partial charge in [0.15, 0.2) is 0 Å². The molecule has 0 unspecified atom stereocenters. The van der Waals surface area contributed by atoms with Crippen molar-refractivity contribution >= 4 is 27.3 Å². The van der Waals surface area contributed by atoms with Crippen molar-refractivity contribution in [1.29, 1.82) is 5.26 Å². The van der Waals surface area contributed by atoms with E-state index in [4.69, 9.17) is 16.9 Å². The molecule has 0 fully saturated rings. The number of benzene rings is 1. The topological polar surface area (TPSA) is 82.8 Å². The van der Waals surface area contributed by atoms with Crippen LogP contribution in [-0.4, -0.2) is 13.4 Å². The highest BCUT2D eigenvalue weighted by molar-refractivity contribution is 7.92. The summed E-state index contributed by atoms with van der Waals surface area (Å²) >= 11 is 5.57. The molecule has 5 nitrogen and oxygen atoms in total. The van der Waals surface area contributed by atoms with Gasteiger partial charge in [-0.05, 0) is 30.3 Å². The number of hydrogen-bond donors (Lipinski definition) is 1. The largest absolute Gasteiger partial charge is 0.280 e. The molecule has 8 heteroatoms. The Bertz CT molecular complexity index is 785. The van der Waals surface area contributed by atoms with E-state index in [1.807, 2.05) is 0 Å². The zero-order valence-corrected chi connectivity index (χ0v) is 11.4. The molecule has 0 amide bonds. The molecule has 102 valence electrons. The van der Waals surface area contributed by atoms with Gasteiger partial charge in [-0.2, -0.15) is 5.26 Å². The van der Waals surface area contributed by atoms with Gasteiger partial charge in [-0.1, -0.05) is 11.6 Å². The van der Waals surface area contributed by atoms with Crippen LogP contribution in [0.25, 0.3) is 0 Å². The Morgan fingerprint density at radius 1 is 1.30 bits per heavy atom. The van der Waals surface area contributed by atoms with Crippen LogP contribution >= 0.6 is 11.6 Å². The summed E-state index contributed by atoms with van der Waals surface area (Å²) < 4.78 is 39.3. The molecule has 1 heterocycles. The van der Waals surface area contributed by atoms with Crippen molar-refractivity contribution in [3.8, 4) is 6.07 Å². The molecule has 0 bridgehead atoms. The van der Waals surface area contributed by atoms with Crippen molar-refractivity contribution in [1.82, 2.24) is 4.98 Å². The van der Waals surface area contributed by atoms with Crippen molar-refractivity contribution in [3.63, 3.8) is 0 Å². The van der Waals surface area contributed by atoms with Gasteiger partial charge >= 0.3 is 0 Å². The predicted molar refractivity (Wildman–Crippen MR) is 71.2 cm³/mol. The molecule has 1 aromatic heterocycles. The lowest BCUT2D eigenvalue weighted by Crippen LogP contribution is -2.13. The van der Waals surface area contributed by atoms with Gasteiger partial charge in [0.2, 0.25) is 0 Å². The van der Waals surface area contributed by atoms with Crippen molar-refractivity contribution in [2.24, 2.45) is 0 Å². The fraction of sp³-hybridized carbons (Fsp3) is 0. The van der Waals surface area contributed by atoms with E-state index in [0.717, 1.165) is 18.3 Å². The van der Waals surface area contributed by atoms with Crippen LogP contribution in [-0.2, 0) is 10.0 Å². The molecule has 2 rings (SSSR count). The fourth-order valence-corrected chi connectivity index (χ4v) is 2.55. The number of pyridine rings is 1. The Morgan fingerprint density at radius 3 is 2.60 bits per heavy atom. The number of nitrogens with one attached hydrogen (secondary N) is 1. The summed E-state index contributed by atoms with van der Waals surface area (Å²) in [5.74, 6) is -0.644. The molecule has 0 aliphatic rings. The van der Waals surface area contributed by atoms with E-state index in [0.29, 0.717) is 0 Å². The molecule has 0 radical (unpaired) electrons. The average molecular weight is 312 g/mol. The number of hydrogen-bond acceptors (Lipinski definition) is 4. The molecule has 0 aliphatic carbocycles. The zero-order chi connectivity index (χ0) is 14.8. The minimum absolute atomic E-state index is 0.105. The maximum absolute atomic E-state index is 13.0. The third-order valence-corrected chi connectivity index (χ3v) is 3.99. The number of halogens is 2. The van der Waals surface area contributed by atoms with Crippen LogP contribution in [0.1, 0.15) is 5.69 Å². The smallest absolute Gasteiger partial charge is 0.263 e. The summed E-state index contributed by atoms with van der Waals surface area (Å²) in [6.45, 7) is 0. The Labute approximate surface area is 119 Å². The molecule has 0 saturated heterocycles. The number of nitriles is 1. The quantitative estimate of drug-likeness (QED) is 0.944. The number of nitrogens with zero attached hydrogens (tertiary/aromatic N) is 2. The number of sulfonamides is 1. The van der Waals surface area contributed by atoms with Crippen LogP contribution in [0, 0.1) is 17.1 Å². The highest BCUT2D eigenvalue weighted by Gasteiger charge is 2.15. The minimum Gasteiger partial charge on any atom is -0.280 e. The van der Waals surface area contributed by atoms with E-state index in [1.165, 1.54) is 18.2 Å². The number of anilines is 1. The lowest BCUT2D eigenvalue weighted by molar-refractivity contribution is 0.600. The van der Waals surface area contributed by atoms with Crippen molar-refractivity contribution in [2.45, 2.75) is 4.90 Å². The van der Waals surface area contributed by atoms with Crippen molar-refractivity contribution in [2.75, 3.05) is 4.72 Å². The average Bonchev–Trinajstić information content (AvgIpc) is 2.43. The van der Waals surface area contributed by atoms with Crippen LogP contribution < -0.4 is 4.72 Å². The van der Waals surface area contributed by atoms with Crippen LogP contribution in [0.2, 0.25) is 5.02 Å². The van der Waals surface area contributed by atoms with Crippen LogP contribution in [0.3, 0.4) is 0 Å². The molecular formula is C12H7ClFN3O2S. The van der Waals surface area contributed by atoms with Gasteiger partial charge in [0.25, 0.3) is 10.0 Å². The van der Waals surface area contributed by atoms with Crippen molar-refractivity contribution < 1.29 is 12.8 Å². The maximum atomic E-state index is 13.0. The highest BCUT2D eigenvalue weighted by Crippen LogP contribution is 2.21. The summed E-state index contributed by atoms with van der Waals surface area (Å²) in [7, 11) is -3.87.